The molecule has 0 saturated carbocycles. The van der Waals surface area contributed by atoms with Gasteiger partial charge in [0.05, 0.1) is 13.5 Å². The zero-order valence-corrected chi connectivity index (χ0v) is 10.2. The van der Waals surface area contributed by atoms with Gasteiger partial charge in [-0.3, -0.25) is 4.79 Å². The monoisotopic (exact) mass is 251 g/mol. The number of ether oxygens (including phenoxy) is 1. The van der Waals surface area contributed by atoms with Crippen LogP contribution in [0.3, 0.4) is 0 Å². The number of para-hydroxylation sites is 1. The van der Waals surface area contributed by atoms with Crippen molar-refractivity contribution in [2.24, 2.45) is 10.9 Å². The number of hydrogen-bond donors (Lipinski definition) is 3. The molecule has 98 valence electrons. The first-order valence-corrected chi connectivity index (χ1v) is 5.52. The van der Waals surface area contributed by atoms with Gasteiger partial charge in [-0.25, -0.2) is 0 Å². The van der Waals surface area contributed by atoms with Gasteiger partial charge in [0.1, 0.15) is 11.6 Å². The van der Waals surface area contributed by atoms with Gasteiger partial charge in [-0.2, -0.15) is 0 Å². The summed E-state index contributed by atoms with van der Waals surface area (Å²) in [6, 6.07) is 7.61. The largest absolute Gasteiger partial charge is 0.496 e. The van der Waals surface area contributed by atoms with Gasteiger partial charge in [0.25, 0.3) is 0 Å². The average molecular weight is 251 g/mol. The molecule has 18 heavy (non-hydrogen) atoms. The van der Waals surface area contributed by atoms with Gasteiger partial charge in [-0.15, -0.1) is 0 Å². The number of rotatable bonds is 6. The van der Waals surface area contributed by atoms with E-state index in [-0.39, 0.29) is 18.2 Å². The molecule has 0 spiro atoms. The number of benzene rings is 1. The maximum absolute atomic E-state index is 11.3. The van der Waals surface area contributed by atoms with Crippen LogP contribution in [0.5, 0.6) is 5.75 Å². The number of nitrogens with two attached hydrogens (primary N) is 1. The highest BCUT2D eigenvalue weighted by Crippen LogP contribution is 2.17. The third-order valence-corrected chi connectivity index (χ3v) is 2.38. The molecule has 0 aliphatic heterocycles. The highest BCUT2D eigenvalue weighted by Gasteiger charge is 2.05. The fraction of sp³-hybridized carbons (Fsp3) is 0.333. The Labute approximate surface area is 105 Å². The fourth-order valence-corrected chi connectivity index (χ4v) is 1.51. The highest BCUT2D eigenvalue weighted by atomic mass is 16.5. The first kappa shape index (κ1) is 13.8. The van der Waals surface area contributed by atoms with Crippen LogP contribution < -0.4 is 15.8 Å². The molecular formula is C12H17N3O3. The van der Waals surface area contributed by atoms with Crippen LogP contribution in [0.2, 0.25) is 0 Å². The number of hydrogen-bond acceptors (Lipinski definition) is 4. The lowest BCUT2D eigenvalue weighted by molar-refractivity contribution is -0.119. The quantitative estimate of drug-likeness (QED) is 0.297. The van der Waals surface area contributed by atoms with Crippen molar-refractivity contribution in [1.82, 2.24) is 5.32 Å². The molecule has 0 radical (unpaired) electrons. The molecule has 0 fully saturated rings. The van der Waals surface area contributed by atoms with Gasteiger partial charge in [0.15, 0.2) is 0 Å². The van der Waals surface area contributed by atoms with E-state index in [1.165, 1.54) is 0 Å². The second-order valence-corrected chi connectivity index (χ2v) is 3.68. The van der Waals surface area contributed by atoms with Crippen molar-refractivity contribution >= 4 is 11.7 Å². The van der Waals surface area contributed by atoms with E-state index < -0.39 is 0 Å². The van der Waals surface area contributed by atoms with Crippen LogP contribution in [-0.4, -0.2) is 30.6 Å². The number of oxime groups is 1. The summed E-state index contributed by atoms with van der Waals surface area (Å²) in [6.45, 7) is 0.470. The molecule has 0 atom stereocenters. The molecule has 0 bridgehead atoms. The Morgan fingerprint density at radius 3 is 2.89 bits per heavy atom. The minimum atomic E-state index is -0.278. The van der Waals surface area contributed by atoms with E-state index in [1.54, 1.807) is 7.11 Å². The Bertz CT molecular complexity index is 432. The van der Waals surface area contributed by atoms with Crippen molar-refractivity contribution in [1.29, 1.82) is 0 Å². The first-order valence-electron chi connectivity index (χ1n) is 5.52. The number of carbonyl (C=O) groups excluding carboxylic acids is 1. The summed E-state index contributed by atoms with van der Waals surface area (Å²) in [5.74, 6) is 0.410. The van der Waals surface area contributed by atoms with Crippen LogP contribution in [0.15, 0.2) is 29.4 Å². The summed E-state index contributed by atoms with van der Waals surface area (Å²) in [5.41, 5.74) is 6.24. The summed E-state index contributed by atoms with van der Waals surface area (Å²) in [5, 5.41) is 13.7. The zero-order valence-electron chi connectivity index (χ0n) is 10.2. The van der Waals surface area contributed by atoms with Gasteiger partial charge < -0.3 is 21.0 Å². The lowest BCUT2D eigenvalue weighted by Crippen LogP contribution is -2.30. The van der Waals surface area contributed by atoms with Gasteiger partial charge in [0, 0.05) is 6.54 Å². The van der Waals surface area contributed by atoms with E-state index >= 15 is 0 Å². The van der Waals surface area contributed by atoms with Crippen molar-refractivity contribution in [2.45, 2.75) is 12.8 Å². The van der Waals surface area contributed by atoms with Crippen LogP contribution in [0.25, 0.3) is 0 Å². The lowest BCUT2D eigenvalue weighted by Gasteiger charge is -2.08. The Morgan fingerprint density at radius 2 is 2.22 bits per heavy atom. The second kappa shape index (κ2) is 7.16. The number of nitrogens with zero attached hydrogens (tertiary/aromatic N) is 1. The highest BCUT2D eigenvalue weighted by molar-refractivity contribution is 5.98. The molecule has 0 heterocycles. The molecule has 1 amide bonds. The van der Waals surface area contributed by atoms with Crippen molar-refractivity contribution < 1.29 is 14.7 Å². The Balaban J connectivity index is 2.40. The number of methoxy groups -OCH3 is 1. The predicted octanol–water partition coefficient (Wildman–Crippen LogP) is 0.490. The van der Waals surface area contributed by atoms with E-state index in [9.17, 15) is 4.79 Å². The molecule has 1 aromatic rings. The van der Waals surface area contributed by atoms with E-state index in [4.69, 9.17) is 15.7 Å². The molecule has 0 saturated heterocycles. The summed E-state index contributed by atoms with van der Waals surface area (Å²) < 4.78 is 5.20. The predicted molar refractivity (Wildman–Crippen MR) is 67.7 cm³/mol. The molecule has 1 aromatic carbocycles. The molecule has 6 heteroatoms. The summed E-state index contributed by atoms with van der Waals surface area (Å²) in [6.07, 6.45) is 0.550. The molecule has 6 nitrogen and oxygen atoms in total. The maximum Gasteiger partial charge on any atom is 0.227 e. The van der Waals surface area contributed by atoms with E-state index in [1.807, 2.05) is 24.3 Å². The maximum atomic E-state index is 11.3. The SMILES string of the molecule is COc1ccccc1CCNC(=O)C/C(N)=N/O. The molecule has 1 rings (SSSR count). The average Bonchev–Trinajstić information content (AvgIpc) is 2.39. The Hall–Kier alpha value is -2.24. The summed E-state index contributed by atoms with van der Waals surface area (Å²) >= 11 is 0. The topological polar surface area (TPSA) is 96.9 Å². The lowest BCUT2D eigenvalue weighted by atomic mass is 10.1. The van der Waals surface area contributed by atoms with Crippen LogP contribution in [0.1, 0.15) is 12.0 Å². The first-order chi connectivity index (χ1) is 8.67. The summed E-state index contributed by atoms with van der Waals surface area (Å²) in [7, 11) is 1.61. The van der Waals surface area contributed by atoms with Crippen LogP contribution in [0, 0.1) is 0 Å². The third kappa shape index (κ3) is 4.32. The van der Waals surface area contributed by atoms with Crippen molar-refractivity contribution in [3.05, 3.63) is 29.8 Å². The smallest absolute Gasteiger partial charge is 0.227 e. The minimum absolute atomic E-state index is 0.107. The molecule has 0 aromatic heterocycles. The molecule has 4 N–H and O–H groups in total. The molecule has 0 aliphatic carbocycles. The van der Waals surface area contributed by atoms with Crippen molar-refractivity contribution in [3.63, 3.8) is 0 Å². The fourth-order valence-electron chi connectivity index (χ4n) is 1.51. The minimum Gasteiger partial charge on any atom is -0.496 e. The molecular weight excluding hydrogens is 234 g/mol. The van der Waals surface area contributed by atoms with Gasteiger partial charge in [-0.1, -0.05) is 23.4 Å². The van der Waals surface area contributed by atoms with E-state index in [0.29, 0.717) is 13.0 Å². The standard InChI is InChI=1S/C12H17N3O3/c1-18-10-5-3-2-4-9(10)6-7-14-12(16)8-11(13)15-17/h2-5,17H,6-8H2,1H3,(H2,13,15)(H,14,16). The van der Waals surface area contributed by atoms with Gasteiger partial charge in [0.2, 0.25) is 5.91 Å². The molecule has 0 aliphatic rings. The van der Waals surface area contributed by atoms with Crippen LogP contribution in [0.4, 0.5) is 0 Å². The van der Waals surface area contributed by atoms with E-state index in [0.717, 1.165) is 11.3 Å². The van der Waals surface area contributed by atoms with Crippen LogP contribution >= 0.6 is 0 Å². The summed E-state index contributed by atoms with van der Waals surface area (Å²) in [4.78, 5) is 11.3. The van der Waals surface area contributed by atoms with Crippen molar-refractivity contribution in [3.8, 4) is 5.75 Å². The number of amidine groups is 1. The second-order valence-electron chi connectivity index (χ2n) is 3.68. The zero-order chi connectivity index (χ0) is 13.4. The molecule has 0 unspecified atom stereocenters. The number of amides is 1. The number of carbonyl (C=O) groups is 1. The van der Waals surface area contributed by atoms with Crippen LogP contribution in [-0.2, 0) is 11.2 Å². The van der Waals surface area contributed by atoms with Gasteiger partial charge >= 0.3 is 0 Å². The van der Waals surface area contributed by atoms with E-state index in [2.05, 4.69) is 10.5 Å². The number of nitrogens with one attached hydrogen (secondary N) is 1. The van der Waals surface area contributed by atoms with Gasteiger partial charge in [-0.05, 0) is 18.1 Å². The third-order valence-electron chi connectivity index (χ3n) is 2.38. The Kier molecular flexibility index (Phi) is 5.50. The van der Waals surface area contributed by atoms with Crippen molar-refractivity contribution in [2.75, 3.05) is 13.7 Å². The Morgan fingerprint density at radius 1 is 1.50 bits per heavy atom. The normalized spacial score (nSPS) is 11.1.